The number of fused-ring (bicyclic) bond motifs is 1. The number of hydrogen-bond donors (Lipinski definition) is 1. The van der Waals surface area contributed by atoms with Crippen LogP contribution in [0.5, 0.6) is 0 Å². The average Bonchev–Trinajstić information content (AvgIpc) is 3.33. The second-order valence-corrected chi connectivity index (χ2v) is 8.82. The van der Waals surface area contributed by atoms with Gasteiger partial charge in [-0.2, -0.15) is 0 Å². The van der Waals surface area contributed by atoms with Crippen molar-refractivity contribution in [3.63, 3.8) is 0 Å². The maximum Gasteiger partial charge on any atom is 0.289 e. The number of rotatable bonds is 6. The number of aromatic nitrogens is 3. The fourth-order valence-corrected chi connectivity index (χ4v) is 4.42. The number of carbonyl (C=O) groups is 1. The highest BCUT2D eigenvalue weighted by atomic mass is 16.3. The normalized spacial score (nSPS) is 19.1. The quantitative estimate of drug-likeness (QED) is 0.827. The molecule has 4 rings (SSSR count). The molecule has 7 heteroatoms. The van der Waals surface area contributed by atoms with Gasteiger partial charge in [0.1, 0.15) is 11.6 Å². The molecule has 28 heavy (non-hydrogen) atoms. The number of hydrogen-bond acceptors (Lipinski definition) is 5. The van der Waals surface area contributed by atoms with Gasteiger partial charge in [0.15, 0.2) is 0 Å². The number of amides is 1. The smallest absolute Gasteiger partial charge is 0.289 e. The largest absolute Gasteiger partial charge is 0.468 e. The number of nitrogens with zero attached hydrogens (tertiary/aromatic N) is 4. The third-order valence-corrected chi connectivity index (χ3v) is 6.29. The highest BCUT2D eigenvalue weighted by Gasteiger charge is 2.39. The molecule has 0 bridgehead atoms. The topological polar surface area (TPSA) is 76.2 Å². The first kappa shape index (κ1) is 19.2. The van der Waals surface area contributed by atoms with Crippen LogP contribution >= 0.6 is 0 Å². The Morgan fingerprint density at radius 1 is 1.29 bits per heavy atom. The van der Waals surface area contributed by atoms with Gasteiger partial charge in [0, 0.05) is 19.5 Å². The van der Waals surface area contributed by atoms with Crippen molar-refractivity contribution < 1.29 is 9.21 Å². The molecule has 1 N–H and O–H groups in total. The third kappa shape index (κ3) is 4.14. The van der Waals surface area contributed by atoms with E-state index in [9.17, 15) is 4.79 Å². The fourth-order valence-electron chi connectivity index (χ4n) is 4.42. The Balaban J connectivity index is 1.38. The lowest BCUT2D eigenvalue weighted by atomic mass is 9.73. The van der Waals surface area contributed by atoms with E-state index in [2.05, 4.69) is 38.8 Å². The van der Waals surface area contributed by atoms with Crippen LogP contribution in [-0.2, 0) is 19.5 Å². The summed E-state index contributed by atoms with van der Waals surface area (Å²) in [4.78, 5) is 15.1. The Labute approximate surface area is 166 Å². The van der Waals surface area contributed by atoms with Gasteiger partial charge < -0.3 is 14.3 Å². The van der Waals surface area contributed by atoms with Crippen LogP contribution in [0.1, 0.15) is 61.7 Å². The van der Waals surface area contributed by atoms with Crippen LogP contribution in [0.25, 0.3) is 0 Å². The molecule has 1 saturated heterocycles. The summed E-state index contributed by atoms with van der Waals surface area (Å²) in [6.45, 7) is 8.87. The Morgan fingerprint density at radius 3 is 2.82 bits per heavy atom. The fraction of sp³-hybridized carbons (Fsp3) is 0.667. The van der Waals surface area contributed by atoms with E-state index in [1.165, 1.54) is 0 Å². The highest BCUT2D eigenvalue weighted by Crippen LogP contribution is 2.41. The molecule has 152 valence electrons. The van der Waals surface area contributed by atoms with E-state index in [0.717, 1.165) is 69.9 Å². The van der Waals surface area contributed by atoms with Gasteiger partial charge in [-0.1, -0.05) is 13.8 Å². The molecule has 0 saturated carbocycles. The van der Waals surface area contributed by atoms with Crippen LogP contribution in [0.3, 0.4) is 0 Å². The van der Waals surface area contributed by atoms with Crippen molar-refractivity contribution in [2.24, 2.45) is 11.3 Å². The molecule has 1 spiro atoms. The van der Waals surface area contributed by atoms with Crippen LogP contribution in [0, 0.1) is 11.3 Å². The summed E-state index contributed by atoms with van der Waals surface area (Å²) in [6, 6.07) is 3.99. The summed E-state index contributed by atoms with van der Waals surface area (Å²) in [5, 5.41) is 11.5. The van der Waals surface area contributed by atoms with Gasteiger partial charge in [0.25, 0.3) is 5.91 Å². The molecule has 4 heterocycles. The predicted octanol–water partition coefficient (Wildman–Crippen LogP) is 2.88. The molecular weight excluding hydrogens is 354 g/mol. The summed E-state index contributed by atoms with van der Waals surface area (Å²) in [7, 11) is 0. The van der Waals surface area contributed by atoms with Crippen LogP contribution in [0.2, 0.25) is 0 Å². The van der Waals surface area contributed by atoms with E-state index in [-0.39, 0.29) is 11.3 Å². The molecule has 2 aromatic rings. The summed E-state index contributed by atoms with van der Waals surface area (Å²) in [5.74, 6) is 2.95. The molecule has 0 aliphatic carbocycles. The van der Waals surface area contributed by atoms with E-state index in [4.69, 9.17) is 4.42 Å². The van der Waals surface area contributed by atoms with Crippen molar-refractivity contribution in [2.45, 2.75) is 59.0 Å². The van der Waals surface area contributed by atoms with Crippen LogP contribution in [-0.4, -0.2) is 45.2 Å². The maximum atomic E-state index is 12.6. The van der Waals surface area contributed by atoms with Gasteiger partial charge in [-0.25, -0.2) is 0 Å². The number of furan rings is 1. The molecule has 7 nitrogen and oxygen atoms in total. The van der Waals surface area contributed by atoms with E-state index in [1.54, 1.807) is 6.26 Å². The Hall–Kier alpha value is -2.15. The molecule has 2 aliphatic rings. The molecule has 2 aromatic heterocycles. The molecule has 2 aliphatic heterocycles. The van der Waals surface area contributed by atoms with Crippen molar-refractivity contribution in [3.8, 4) is 0 Å². The van der Waals surface area contributed by atoms with Gasteiger partial charge in [-0.3, -0.25) is 9.69 Å². The maximum absolute atomic E-state index is 12.6. The SMILES string of the molecule is CC(C)CCNC(=O)c1nnc2n1CC1(CC2)CCN(Cc2ccco2)CC1. The standard InChI is InChI=1S/C21H31N5O2/c1-16(2)6-10-22-20(27)19-24-23-18-5-7-21(15-26(18)19)8-11-25(12-9-21)14-17-4-3-13-28-17/h3-4,13,16H,5-12,14-15H2,1-2H3,(H,22,27). The van der Waals surface area contributed by atoms with E-state index < -0.39 is 0 Å². The number of nitrogens with one attached hydrogen (secondary N) is 1. The van der Waals surface area contributed by atoms with Crippen molar-refractivity contribution in [1.29, 1.82) is 0 Å². The minimum atomic E-state index is -0.0910. The molecule has 0 aromatic carbocycles. The van der Waals surface area contributed by atoms with Gasteiger partial charge in [-0.15, -0.1) is 10.2 Å². The second kappa shape index (κ2) is 8.07. The van der Waals surface area contributed by atoms with E-state index in [1.807, 2.05) is 12.1 Å². The monoisotopic (exact) mass is 385 g/mol. The summed E-state index contributed by atoms with van der Waals surface area (Å²) < 4.78 is 7.57. The lowest BCUT2D eigenvalue weighted by molar-refractivity contribution is 0.0587. The lowest BCUT2D eigenvalue weighted by Gasteiger charge is -2.44. The highest BCUT2D eigenvalue weighted by molar-refractivity contribution is 5.90. The summed E-state index contributed by atoms with van der Waals surface area (Å²) >= 11 is 0. The first-order valence-corrected chi connectivity index (χ1v) is 10.5. The van der Waals surface area contributed by atoms with E-state index in [0.29, 0.717) is 18.3 Å². The van der Waals surface area contributed by atoms with Gasteiger partial charge >= 0.3 is 0 Å². The zero-order valence-electron chi connectivity index (χ0n) is 17.0. The first-order chi connectivity index (χ1) is 13.5. The van der Waals surface area contributed by atoms with Crippen LogP contribution < -0.4 is 5.32 Å². The molecule has 1 fully saturated rings. The third-order valence-electron chi connectivity index (χ3n) is 6.29. The van der Waals surface area contributed by atoms with Crippen molar-refractivity contribution >= 4 is 5.91 Å². The second-order valence-electron chi connectivity index (χ2n) is 8.82. The number of piperidine rings is 1. The predicted molar refractivity (Wildman–Crippen MR) is 106 cm³/mol. The summed E-state index contributed by atoms with van der Waals surface area (Å²) in [5.41, 5.74) is 0.252. The first-order valence-electron chi connectivity index (χ1n) is 10.5. The Morgan fingerprint density at radius 2 is 2.11 bits per heavy atom. The Bertz CT molecular complexity index is 788. The van der Waals surface area contributed by atoms with Crippen LogP contribution in [0.4, 0.5) is 0 Å². The number of carbonyl (C=O) groups excluding carboxylic acids is 1. The zero-order chi connectivity index (χ0) is 19.6. The number of aryl methyl sites for hydroxylation is 1. The van der Waals surface area contributed by atoms with Crippen molar-refractivity contribution in [1.82, 2.24) is 25.0 Å². The number of likely N-dealkylation sites (tertiary alicyclic amines) is 1. The minimum absolute atomic E-state index is 0.0910. The van der Waals surface area contributed by atoms with Crippen molar-refractivity contribution in [2.75, 3.05) is 19.6 Å². The minimum Gasteiger partial charge on any atom is -0.468 e. The zero-order valence-corrected chi connectivity index (χ0v) is 17.0. The summed E-state index contributed by atoms with van der Waals surface area (Å²) in [6.07, 6.45) is 7.03. The molecule has 0 atom stereocenters. The average molecular weight is 386 g/mol. The van der Waals surface area contributed by atoms with E-state index >= 15 is 0 Å². The lowest BCUT2D eigenvalue weighted by Crippen LogP contribution is -2.44. The molecule has 1 amide bonds. The van der Waals surface area contributed by atoms with Crippen LogP contribution in [0.15, 0.2) is 22.8 Å². The van der Waals surface area contributed by atoms with Gasteiger partial charge in [-0.05, 0) is 62.2 Å². The van der Waals surface area contributed by atoms with Crippen molar-refractivity contribution in [3.05, 3.63) is 35.8 Å². The van der Waals surface area contributed by atoms with Gasteiger partial charge in [0.2, 0.25) is 5.82 Å². The molecule has 0 radical (unpaired) electrons. The molecular formula is C21H31N5O2. The molecule has 0 unspecified atom stereocenters. The Kier molecular flexibility index (Phi) is 5.53. The van der Waals surface area contributed by atoms with Gasteiger partial charge in [0.05, 0.1) is 12.8 Å².